The predicted octanol–water partition coefficient (Wildman–Crippen LogP) is 3.22. The van der Waals surface area contributed by atoms with E-state index in [4.69, 9.17) is 0 Å². The molecule has 0 aliphatic carbocycles. The molecule has 0 bridgehead atoms. The summed E-state index contributed by atoms with van der Waals surface area (Å²) < 4.78 is 0.584. The maximum absolute atomic E-state index is 12.6. The van der Waals surface area contributed by atoms with Crippen LogP contribution in [0, 0.1) is 11.3 Å². The van der Waals surface area contributed by atoms with Gasteiger partial charge in [-0.3, -0.25) is 9.59 Å². The van der Waals surface area contributed by atoms with Crippen LogP contribution in [-0.2, 0) is 0 Å². The van der Waals surface area contributed by atoms with Gasteiger partial charge in [0, 0.05) is 10.0 Å². The van der Waals surface area contributed by atoms with E-state index in [0.717, 1.165) is 0 Å². The number of hydrogen-bond acceptors (Lipinski definition) is 4. The number of nitrogens with zero attached hydrogens (tertiary/aromatic N) is 1. The lowest BCUT2D eigenvalue weighted by molar-refractivity contribution is 0.0963. The van der Waals surface area contributed by atoms with Crippen molar-refractivity contribution in [3.63, 3.8) is 0 Å². The third-order valence-electron chi connectivity index (χ3n) is 3.38. The van der Waals surface area contributed by atoms with Gasteiger partial charge in [0.1, 0.15) is 17.5 Å². The van der Waals surface area contributed by atoms with Gasteiger partial charge in [-0.2, -0.15) is 5.26 Å². The number of carbonyl (C=O) groups is 2. The van der Waals surface area contributed by atoms with Crippen LogP contribution in [0.4, 0.5) is 5.69 Å². The molecular weight excluding hydrogens is 358 g/mol. The Morgan fingerprint density at radius 3 is 2.48 bits per heavy atom. The van der Waals surface area contributed by atoms with Crippen LogP contribution < -0.4 is 10.6 Å². The molecule has 6 heteroatoms. The number of Topliss-reactive ketones (excluding diaryl/α,β-unsaturated/α-hetero) is 1. The highest BCUT2D eigenvalue weighted by Crippen LogP contribution is 2.25. The number of allylic oxidation sites excluding steroid dienone is 1. The maximum Gasteiger partial charge on any atom is 0.258 e. The largest absolute Gasteiger partial charge is 0.340 e. The van der Waals surface area contributed by atoms with Crippen LogP contribution in [0.15, 0.2) is 64.4 Å². The third kappa shape index (κ3) is 2.74. The van der Waals surface area contributed by atoms with E-state index in [1.807, 2.05) is 6.07 Å². The minimum absolute atomic E-state index is 0.0944. The summed E-state index contributed by atoms with van der Waals surface area (Å²) >= 11 is 3.30. The number of hydrogen-bond donors (Lipinski definition) is 2. The smallest absolute Gasteiger partial charge is 0.258 e. The second-order valence-corrected chi connectivity index (χ2v) is 5.65. The molecule has 2 aromatic carbocycles. The highest BCUT2D eigenvalue weighted by molar-refractivity contribution is 9.10. The summed E-state index contributed by atoms with van der Waals surface area (Å²) in [7, 11) is 0. The van der Waals surface area contributed by atoms with Crippen LogP contribution >= 0.6 is 15.9 Å². The molecule has 0 unspecified atom stereocenters. The van der Waals surface area contributed by atoms with Crippen LogP contribution in [-0.4, -0.2) is 11.7 Å². The van der Waals surface area contributed by atoms with E-state index in [0.29, 0.717) is 21.3 Å². The summed E-state index contributed by atoms with van der Waals surface area (Å²) in [4.78, 5) is 24.7. The number of anilines is 1. The number of ketones is 1. The first-order valence-electron chi connectivity index (χ1n) is 6.73. The topological polar surface area (TPSA) is 82.0 Å². The second-order valence-electron chi connectivity index (χ2n) is 4.80. The third-order valence-corrected chi connectivity index (χ3v) is 4.07. The Morgan fingerprint density at radius 1 is 1.04 bits per heavy atom. The molecule has 1 amide bonds. The maximum atomic E-state index is 12.6. The predicted molar refractivity (Wildman–Crippen MR) is 88.6 cm³/mol. The summed E-state index contributed by atoms with van der Waals surface area (Å²) in [5.74, 6) is -0.735. The Hall–Kier alpha value is -2.91. The van der Waals surface area contributed by atoms with Gasteiger partial charge in [-0.05, 0) is 24.3 Å². The highest BCUT2D eigenvalue weighted by atomic mass is 79.9. The molecule has 1 aliphatic heterocycles. The van der Waals surface area contributed by atoms with Crippen LogP contribution in [0.25, 0.3) is 0 Å². The number of rotatable bonds is 2. The number of fused-ring (bicyclic) bond motifs is 1. The first kappa shape index (κ1) is 15.0. The van der Waals surface area contributed by atoms with Crippen molar-refractivity contribution in [2.75, 3.05) is 5.32 Å². The molecule has 2 N–H and O–H groups in total. The minimum Gasteiger partial charge on any atom is -0.340 e. The van der Waals surface area contributed by atoms with Gasteiger partial charge in [-0.15, -0.1) is 0 Å². The van der Waals surface area contributed by atoms with Gasteiger partial charge in [0.25, 0.3) is 5.91 Å². The molecule has 0 radical (unpaired) electrons. The lowest BCUT2D eigenvalue weighted by Crippen LogP contribution is -2.34. The van der Waals surface area contributed by atoms with Gasteiger partial charge in [0.2, 0.25) is 5.78 Å². The monoisotopic (exact) mass is 367 g/mol. The van der Waals surface area contributed by atoms with E-state index in [1.54, 1.807) is 48.5 Å². The van der Waals surface area contributed by atoms with Crippen molar-refractivity contribution in [3.8, 4) is 6.07 Å². The van der Waals surface area contributed by atoms with Crippen molar-refractivity contribution in [1.29, 1.82) is 5.26 Å². The van der Waals surface area contributed by atoms with Crippen molar-refractivity contribution in [2.45, 2.75) is 0 Å². The van der Waals surface area contributed by atoms with Gasteiger partial charge < -0.3 is 10.6 Å². The normalized spacial score (nSPS) is 14.9. The zero-order valence-electron chi connectivity index (χ0n) is 11.8. The number of amides is 1. The van der Waals surface area contributed by atoms with E-state index in [1.165, 1.54) is 0 Å². The summed E-state index contributed by atoms with van der Waals surface area (Å²) in [5.41, 5.74) is 1.21. The standard InChI is InChI=1S/C17H10BrN3O2/c18-13-7-3-1-5-10(13)15(22)12(9-19)16-20-14-8-4-2-6-11(14)17(23)21-16/h1-8,20H,(H,21,23)/b16-12+. The Labute approximate surface area is 140 Å². The number of benzene rings is 2. The minimum atomic E-state index is -0.470. The molecule has 3 rings (SSSR count). The van der Waals surface area contributed by atoms with Gasteiger partial charge in [-0.25, -0.2) is 0 Å². The number of carbonyl (C=O) groups excluding carboxylic acids is 2. The molecule has 0 spiro atoms. The summed E-state index contributed by atoms with van der Waals surface area (Å²) in [5, 5.41) is 14.9. The number of nitrogens with one attached hydrogen (secondary N) is 2. The Morgan fingerprint density at radius 2 is 1.74 bits per heavy atom. The lowest BCUT2D eigenvalue weighted by Gasteiger charge is -2.22. The highest BCUT2D eigenvalue weighted by Gasteiger charge is 2.25. The first-order valence-corrected chi connectivity index (χ1v) is 7.52. The van der Waals surface area contributed by atoms with E-state index in [9.17, 15) is 14.9 Å². The van der Waals surface area contributed by atoms with Crippen molar-refractivity contribution >= 4 is 33.3 Å². The van der Waals surface area contributed by atoms with Crippen molar-refractivity contribution < 1.29 is 9.59 Å². The summed E-state index contributed by atoms with van der Waals surface area (Å²) in [6, 6.07) is 15.6. The molecule has 0 atom stereocenters. The fraction of sp³-hybridized carbons (Fsp3) is 0. The molecule has 1 heterocycles. The van der Waals surface area contributed by atoms with Crippen molar-refractivity contribution in [2.24, 2.45) is 0 Å². The number of nitriles is 1. The van der Waals surface area contributed by atoms with Gasteiger partial charge >= 0.3 is 0 Å². The Kier molecular flexibility index (Phi) is 3.96. The Balaban J connectivity index is 2.06. The lowest BCUT2D eigenvalue weighted by atomic mass is 10.0. The van der Waals surface area contributed by atoms with E-state index < -0.39 is 5.78 Å². The first-order chi connectivity index (χ1) is 11.1. The average Bonchev–Trinajstić information content (AvgIpc) is 2.56. The van der Waals surface area contributed by atoms with E-state index in [2.05, 4.69) is 26.6 Å². The summed E-state index contributed by atoms with van der Waals surface area (Å²) in [6.07, 6.45) is 0. The fourth-order valence-corrected chi connectivity index (χ4v) is 2.73. The van der Waals surface area contributed by atoms with E-state index in [-0.39, 0.29) is 17.3 Å². The van der Waals surface area contributed by atoms with Crippen LogP contribution in [0.2, 0.25) is 0 Å². The van der Waals surface area contributed by atoms with Crippen molar-refractivity contribution in [1.82, 2.24) is 5.32 Å². The van der Waals surface area contributed by atoms with Gasteiger partial charge in [0.15, 0.2) is 0 Å². The van der Waals surface area contributed by atoms with E-state index >= 15 is 0 Å². The van der Waals surface area contributed by atoms with Crippen LogP contribution in [0.5, 0.6) is 0 Å². The zero-order valence-corrected chi connectivity index (χ0v) is 13.3. The molecule has 2 aromatic rings. The number of halogens is 1. The molecule has 0 saturated heterocycles. The molecule has 23 heavy (non-hydrogen) atoms. The molecule has 0 saturated carbocycles. The molecule has 0 aromatic heterocycles. The quantitative estimate of drug-likeness (QED) is 0.485. The molecule has 112 valence electrons. The van der Waals surface area contributed by atoms with Crippen molar-refractivity contribution in [3.05, 3.63) is 75.5 Å². The van der Waals surface area contributed by atoms with Gasteiger partial charge in [0.05, 0.1) is 11.3 Å². The number of para-hydroxylation sites is 1. The van der Waals surface area contributed by atoms with Crippen LogP contribution in [0.1, 0.15) is 20.7 Å². The SMILES string of the molecule is N#C/C(C(=O)c1ccccc1Br)=C1\NC(=O)c2ccccc2N1. The molecule has 0 fully saturated rings. The molecule has 5 nitrogen and oxygen atoms in total. The average molecular weight is 368 g/mol. The molecular formula is C17H10BrN3O2. The summed E-state index contributed by atoms with van der Waals surface area (Å²) in [6.45, 7) is 0. The second kappa shape index (κ2) is 6.07. The molecule has 1 aliphatic rings. The Bertz CT molecular complexity index is 897. The van der Waals surface area contributed by atoms with Crippen LogP contribution in [0.3, 0.4) is 0 Å². The zero-order chi connectivity index (χ0) is 16.4. The van der Waals surface area contributed by atoms with Gasteiger partial charge in [-0.1, -0.05) is 40.2 Å². The fourth-order valence-electron chi connectivity index (χ4n) is 2.26.